The number of halogens is 2. The monoisotopic (exact) mass is 286 g/mol. The van der Waals surface area contributed by atoms with Crippen molar-refractivity contribution < 1.29 is 18.7 Å². The van der Waals surface area contributed by atoms with Crippen LogP contribution in [0, 0.1) is 11.6 Å². The number of amides is 1. The van der Waals surface area contributed by atoms with Crippen LogP contribution in [-0.4, -0.2) is 42.6 Å². The van der Waals surface area contributed by atoms with Gasteiger partial charge in [0.1, 0.15) is 11.6 Å². The summed E-state index contributed by atoms with van der Waals surface area (Å²) in [5.41, 5.74) is -0.355. The van der Waals surface area contributed by atoms with Gasteiger partial charge in [-0.3, -0.25) is 4.79 Å². The van der Waals surface area contributed by atoms with Crippen LogP contribution >= 0.6 is 0 Å². The number of carbonyl (C=O) groups excluding carboxylic acids is 1. The van der Waals surface area contributed by atoms with Crippen molar-refractivity contribution in [3.63, 3.8) is 0 Å². The van der Waals surface area contributed by atoms with E-state index in [4.69, 9.17) is 0 Å². The first kappa shape index (κ1) is 16.5. The molecule has 4 nitrogen and oxygen atoms in total. The van der Waals surface area contributed by atoms with Gasteiger partial charge in [0.05, 0.1) is 11.7 Å². The van der Waals surface area contributed by atoms with Gasteiger partial charge in [-0.2, -0.15) is 0 Å². The fourth-order valence-corrected chi connectivity index (χ4v) is 1.76. The second-order valence-corrected chi connectivity index (χ2v) is 4.95. The summed E-state index contributed by atoms with van der Waals surface area (Å²) in [6.45, 7) is 1.74. The molecule has 0 aliphatic heterocycles. The first-order valence-electron chi connectivity index (χ1n) is 6.38. The zero-order valence-corrected chi connectivity index (χ0v) is 11.9. The van der Waals surface area contributed by atoms with Crippen LogP contribution in [0.15, 0.2) is 18.2 Å². The lowest BCUT2D eigenvalue weighted by Gasteiger charge is -2.19. The first-order chi connectivity index (χ1) is 9.32. The average molecular weight is 286 g/mol. The van der Waals surface area contributed by atoms with Gasteiger partial charge in [0, 0.05) is 33.1 Å². The van der Waals surface area contributed by atoms with E-state index in [-0.39, 0.29) is 30.5 Å². The fraction of sp³-hybridized carbons (Fsp3) is 0.500. The predicted octanol–water partition coefficient (Wildman–Crippen LogP) is 1.45. The molecule has 1 amide bonds. The van der Waals surface area contributed by atoms with Crippen molar-refractivity contribution in [3.8, 4) is 0 Å². The largest absolute Gasteiger partial charge is 0.387 e. The Kier molecular flexibility index (Phi) is 6.04. The molecule has 0 unspecified atom stereocenters. The molecule has 0 aliphatic rings. The minimum absolute atomic E-state index is 0.0280. The van der Waals surface area contributed by atoms with Crippen molar-refractivity contribution in [2.75, 3.05) is 20.6 Å². The number of nitrogens with one attached hydrogen (secondary N) is 1. The molecule has 2 N–H and O–H groups in total. The average Bonchev–Trinajstić information content (AvgIpc) is 2.36. The quantitative estimate of drug-likeness (QED) is 0.832. The number of rotatable bonds is 6. The van der Waals surface area contributed by atoms with Crippen molar-refractivity contribution in [1.29, 1.82) is 0 Å². The Morgan fingerprint density at radius 1 is 1.35 bits per heavy atom. The van der Waals surface area contributed by atoms with E-state index < -0.39 is 17.7 Å². The molecular weight excluding hydrogens is 266 g/mol. The summed E-state index contributed by atoms with van der Waals surface area (Å²) in [5, 5.41) is 12.7. The van der Waals surface area contributed by atoms with E-state index >= 15 is 0 Å². The van der Waals surface area contributed by atoms with E-state index in [1.54, 1.807) is 21.0 Å². The van der Waals surface area contributed by atoms with Crippen molar-refractivity contribution in [3.05, 3.63) is 35.4 Å². The number of aliphatic hydroxyl groups is 1. The molecule has 0 saturated carbocycles. The molecule has 0 aromatic heterocycles. The van der Waals surface area contributed by atoms with Gasteiger partial charge in [-0.25, -0.2) is 8.78 Å². The van der Waals surface area contributed by atoms with E-state index in [0.717, 1.165) is 12.1 Å². The third-order valence-electron chi connectivity index (χ3n) is 2.97. The van der Waals surface area contributed by atoms with Crippen LogP contribution in [0.25, 0.3) is 0 Å². The Morgan fingerprint density at radius 2 is 1.90 bits per heavy atom. The molecule has 0 saturated heterocycles. The van der Waals surface area contributed by atoms with Crippen LogP contribution < -0.4 is 5.32 Å². The zero-order chi connectivity index (χ0) is 15.3. The van der Waals surface area contributed by atoms with Crippen LogP contribution in [0.1, 0.15) is 25.0 Å². The molecular formula is C14H20F2N2O2. The van der Waals surface area contributed by atoms with Crippen molar-refractivity contribution in [1.82, 2.24) is 10.2 Å². The van der Waals surface area contributed by atoms with Gasteiger partial charge < -0.3 is 15.3 Å². The second kappa shape index (κ2) is 7.31. The van der Waals surface area contributed by atoms with Crippen molar-refractivity contribution in [2.24, 2.45) is 0 Å². The molecule has 0 aliphatic carbocycles. The topological polar surface area (TPSA) is 52.6 Å². The lowest BCUT2D eigenvalue weighted by atomic mass is 10.1. The van der Waals surface area contributed by atoms with Gasteiger partial charge >= 0.3 is 0 Å². The minimum atomic E-state index is -1.30. The van der Waals surface area contributed by atoms with Crippen LogP contribution in [-0.2, 0) is 4.79 Å². The molecule has 0 fully saturated rings. The molecule has 2 atom stereocenters. The predicted molar refractivity (Wildman–Crippen MR) is 72.1 cm³/mol. The SMILES string of the molecule is C[C@@H](CC(=O)N(C)C)NC[C@@H](O)c1c(F)cccc1F. The lowest BCUT2D eigenvalue weighted by Crippen LogP contribution is -2.35. The number of aliphatic hydroxyl groups excluding tert-OH is 1. The zero-order valence-electron chi connectivity index (χ0n) is 11.9. The Labute approximate surface area is 117 Å². The van der Waals surface area contributed by atoms with Gasteiger partial charge in [-0.1, -0.05) is 6.07 Å². The standard InChI is InChI=1S/C14H20F2N2O2/c1-9(7-13(20)18(2)3)17-8-12(19)14-10(15)5-4-6-11(14)16/h4-6,9,12,17,19H,7-8H2,1-3H3/t9-,12+/m0/s1. The molecule has 0 radical (unpaired) electrons. The van der Waals surface area contributed by atoms with E-state index in [0.29, 0.717) is 0 Å². The number of nitrogens with zero attached hydrogens (tertiary/aromatic N) is 1. The molecule has 112 valence electrons. The number of hydrogen-bond acceptors (Lipinski definition) is 3. The maximum Gasteiger partial charge on any atom is 0.223 e. The van der Waals surface area contributed by atoms with Crippen LogP contribution in [0.4, 0.5) is 8.78 Å². The third kappa shape index (κ3) is 4.54. The smallest absolute Gasteiger partial charge is 0.223 e. The van der Waals surface area contributed by atoms with E-state index in [9.17, 15) is 18.7 Å². The Morgan fingerprint density at radius 3 is 2.40 bits per heavy atom. The van der Waals surface area contributed by atoms with Crippen LogP contribution in [0.5, 0.6) is 0 Å². The highest BCUT2D eigenvalue weighted by Crippen LogP contribution is 2.20. The molecule has 1 rings (SSSR count). The van der Waals surface area contributed by atoms with Crippen molar-refractivity contribution >= 4 is 5.91 Å². The fourth-order valence-electron chi connectivity index (χ4n) is 1.76. The maximum absolute atomic E-state index is 13.5. The van der Waals surface area contributed by atoms with Gasteiger partial charge in [-0.05, 0) is 19.1 Å². The summed E-state index contributed by atoms with van der Waals surface area (Å²) in [6, 6.07) is 3.24. The van der Waals surface area contributed by atoms with Gasteiger partial charge in [0.2, 0.25) is 5.91 Å². The van der Waals surface area contributed by atoms with Crippen molar-refractivity contribution in [2.45, 2.75) is 25.5 Å². The number of benzene rings is 1. The highest BCUT2D eigenvalue weighted by Gasteiger charge is 2.19. The number of carbonyl (C=O) groups is 1. The third-order valence-corrected chi connectivity index (χ3v) is 2.97. The second-order valence-electron chi connectivity index (χ2n) is 4.95. The molecule has 1 aromatic carbocycles. The highest BCUT2D eigenvalue weighted by molar-refractivity contribution is 5.76. The molecule has 0 heterocycles. The van der Waals surface area contributed by atoms with Gasteiger partial charge in [0.15, 0.2) is 0 Å². The van der Waals surface area contributed by atoms with E-state index in [1.165, 1.54) is 11.0 Å². The minimum Gasteiger partial charge on any atom is -0.387 e. The Hall–Kier alpha value is -1.53. The molecule has 0 bridgehead atoms. The molecule has 6 heteroatoms. The summed E-state index contributed by atoms with van der Waals surface area (Å²) in [5.74, 6) is -1.62. The van der Waals surface area contributed by atoms with E-state index in [2.05, 4.69) is 5.32 Å². The Balaban J connectivity index is 2.55. The van der Waals surface area contributed by atoms with Crippen LogP contribution in [0.2, 0.25) is 0 Å². The normalized spacial score (nSPS) is 13.9. The first-order valence-corrected chi connectivity index (χ1v) is 6.38. The van der Waals surface area contributed by atoms with Gasteiger partial charge in [-0.15, -0.1) is 0 Å². The summed E-state index contributed by atoms with van der Waals surface area (Å²) in [4.78, 5) is 12.9. The molecule has 20 heavy (non-hydrogen) atoms. The summed E-state index contributed by atoms with van der Waals surface area (Å²) in [7, 11) is 3.30. The molecule has 1 aromatic rings. The van der Waals surface area contributed by atoms with Gasteiger partial charge in [0.25, 0.3) is 0 Å². The number of hydrogen-bond donors (Lipinski definition) is 2. The Bertz CT molecular complexity index is 446. The highest BCUT2D eigenvalue weighted by atomic mass is 19.1. The van der Waals surface area contributed by atoms with Crippen LogP contribution in [0.3, 0.4) is 0 Å². The lowest BCUT2D eigenvalue weighted by molar-refractivity contribution is -0.129. The van der Waals surface area contributed by atoms with E-state index in [1.807, 2.05) is 0 Å². The summed E-state index contributed by atoms with van der Waals surface area (Å²) in [6.07, 6.45) is -1.05. The molecule has 0 spiro atoms. The maximum atomic E-state index is 13.5. The summed E-state index contributed by atoms with van der Waals surface area (Å²) < 4.78 is 26.9. The summed E-state index contributed by atoms with van der Waals surface area (Å²) >= 11 is 0.